The third-order valence-electron chi connectivity index (χ3n) is 6.19. The maximum Gasteiger partial charge on any atom is 0.309 e. The zero-order valence-corrected chi connectivity index (χ0v) is 15.7. The van der Waals surface area contributed by atoms with Crippen molar-refractivity contribution in [3.05, 3.63) is 35.9 Å². The van der Waals surface area contributed by atoms with Crippen molar-refractivity contribution < 1.29 is 14.3 Å². The Hall–Kier alpha value is -1.35. The Labute approximate surface area is 152 Å². The molecule has 1 saturated heterocycles. The van der Waals surface area contributed by atoms with Crippen LogP contribution in [-0.2, 0) is 20.9 Å². The van der Waals surface area contributed by atoms with Gasteiger partial charge in [0.15, 0.2) is 0 Å². The molecule has 0 bridgehead atoms. The van der Waals surface area contributed by atoms with Gasteiger partial charge in [-0.25, -0.2) is 0 Å². The summed E-state index contributed by atoms with van der Waals surface area (Å²) in [7, 11) is 0. The summed E-state index contributed by atoms with van der Waals surface area (Å²) >= 11 is 0. The van der Waals surface area contributed by atoms with E-state index in [4.69, 9.17) is 9.47 Å². The molecular formula is C22H32O3. The van der Waals surface area contributed by atoms with Crippen molar-refractivity contribution in [2.24, 2.45) is 23.7 Å². The first-order valence-electron chi connectivity index (χ1n) is 9.95. The van der Waals surface area contributed by atoms with Crippen LogP contribution in [0.5, 0.6) is 0 Å². The number of rotatable bonds is 7. The van der Waals surface area contributed by atoms with Crippen LogP contribution in [0.15, 0.2) is 30.3 Å². The van der Waals surface area contributed by atoms with Gasteiger partial charge in [0.1, 0.15) is 6.61 Å². The van der Waals surface area contributed by atoms with Crippen LogP contribution in [0.1, 0.15) is 57.9 Å². The monoisotopic (exact) mass is 344 g/mol. The molecule has 5 atom stereocenters. The van der Waals surface area contributed by atoms with E-state index < -0.39 is 0 Å². The third kappa shape index (κ3) is 5.07. The maximum atomic E-state index is 12.4. The third-order valence-corrected chi connectivity index (χ3v) is 6.19. The van der Waals surface area contributed by atoms with Gasteiger partial charge in [0, 0.05) is 6.61 Å². The quantitative estimate of drug-likeness (QED) is 0.654. The fraction of sp³-hybridized carbons (Fsp3) is 0.682. The van der Waals surface area contributed by atoms with E-state index in [-0.39, 0.29) is 11.9 Å². The van der Waals surface area contributed by atoms with Crippen LogP contribution in [0.2, 0.25) is 0 Å². The van der Waals surface area contributed by atoms with Crippen LogP contribution in [0.3, 0.4) is 0 Å². The van der Waals surface area contributed by atoms with E-state index in [2.05, 4.69) is 6.92 Å². The summed E-state index contributed by atoms with van der Waals surface area (Å²) in [4.78, 5) is 12.4. The lowest BCUT2D eigenvalue weighted by Gasteiger charge is -2.23. The van der Waals surface area contributed by atoms with Crippen molar-refractivity contribution in [3.63, 3.8) is 0 Å². The summed E-state index contributed by atoms with van der Waals surface area (Å²) < 4.78 is 11.4. The molecule has 2 aliphatic rings. The smallest absolute Gasteiger partial charge is 0.309 e. The molecule has 1 aromatic carbocycles. The van der Waals surface area contributed by atoms with Crippen molar-refractivity contribution in [3.8, 4) is 0 Å². The Balaban J connectivity index is 1.42. The van der Waals surface area contributed by atoms with E-state index in [1.165, 1.54) is 32.1 Å². The van der Waals surface area contributed by atoms with Crippen molar-refractivity contribution in [1.29, 1.82) is 0 Å². The number of carbonyl (C=O) groups excluding carboxylic acids is 1. The molecule has 0 spiro atoms. The standard InChI is InChI=1S/C22H32O3/c1-16(21-9-6-12-24-21)13-19-10-11-20(14-19)17(2)22(23)25-15-18-7-4-3-5-8-18/h3-5,7-8,16-17,19-21H,6,9-15H2,1-2H3. The van der Waals surface area contributed by atoms with Gasteiger partial charge in [0.25, 0.3) is 0 Å². The summed E-state index contributed by atoms with van der Waals surface area (Å²) in [6, 6.07) is 9.92. The molecule has 1 aliphatic carbocycles. The number of carbonyl (C=O) groups is 1. The minimum atomic E-state index is -0.0401. The van der Waals surface area contributed by atoms with Crippen LogP contribution in [0.4, 0.5) is 0 Å². The molecule has 3 rings (SSSR count). The van der Waals surface area contributed by atoms with Gasteiger partial charge in [-0.2, -0.15) is 0 Å². The van der Waals surface area contributed by atoms with E-state index >= 15 is 0 Å². The van der Waals surface area contributed by atoms with Crippen LogP contribution in [0.25, 0.3) is 0 Å². The second-order valence-corrected chi connectivity index (χ2v) is 8.09. The molecule has 1 aromatic rings. The Bertz CT molecular complexity index is 535. The van der Waals surface area contributed by atoms with E-state index in [0.29, 0.717) is 24.5 Å². The van der Waals surface area contributed by atoms with Crippen LogP contribution in [0, 0.1) is 23.7 Å². The zero-order valence-electron chi connectivity index (χ0n) is 15.7. The lowest BCUT2D eigenvalue weighted by atomic mass is 9.87. The van der Waals surface area contributed by atoms with Crippen molar-refractivity contribution in [2.45, 2.75) is 65.1 Å². The van der Waals surface area contributed by atoms with E-state index in [0.717, 1.165) is 24.5 Å². The number of hydrogen-bond donors (Lipinski definition) is 0. The first-order chi connectivity index (χ1) is 12.1. The van der Waals surface area contributed by atoms with Crippen LogP contribution < -0.4 is 0 Å². The van der Waals surface area contributed by atoms with Gasteiger partial charge in [0.2, 0.25) is 0 Å². The molecule has 0 amide bonds. The van der Waals surface area contributed by atoms with Gasteiger partial charge in [-0.05, 0) is 55.4 Å². The largest absolute Gasteiger partial charge is 0.461 e. The van der Waals surface area contributed by atoms with E-state index in [9.17, 15) is 4.79 Å². The average molecular weight is 344 g/mol. The topological polar surface area (TPSA) is 35.5 Å². The highest BCUT2D eigenvalue weighted by molar-refractivity contribution is 5.72. The summed E-state index contributed by atoms with van der Waals surface area (Å²) in [5.74, 6) is 1.83. The molecule has 1 aliphatic heterocycles. The second-order valence-electron chi connectivity index (χ2n) is 8.09. The van der Waals surface area contributed by atoms with Gasteiger partial charge in [0.05, 0.1) is 12.0 Å². The molecule has 3 nitrogen and oxygen atoms in total. The van der Waals surface area contributed by atoms with Crippen LogP contribution in [-0.4, -0.2) is 18.7 Å². The first kappa shape index (κ1) is 18.4. The molecule has 0 radical (unpaired) electrons. The number of esters is 1. The fourth-order valence-electron chi connectivity index (χ4n) is 4.56. The summed E-state index contributed by atoms with van der Waals surface area (Å²) in [5, 5.41) is 0. The zero-order chi connectivity index (χ0) is 17.6. The molecule has 0 aromatic heterocycles. The minimum absolute atomic E-state index is 0.00625. The number of benzene rings is 1. The molecule has 138 valence electrons. The Morgan fingerprint density at radius 2 is 2.00 bits per heavy atom. The molecular weight excluding hydrogens is 312 g/mol. The normalized spacial score (nSPS) is 28.6. The van der Waals surface area contributed by atoms with Gasteiger partial charge in [-0.1, -0.05) is 50.6 Å². The number of ether oxygens (including phenoxy) is 2. The van der Waals surface area contributed by atoms with E-state index in [1.54, 1.807) is 0 Å². The Morgan fingerprint density at radius 3 is 2.72 bits per heavy atom. The highest BCUT2D eigenvalue weighted by Crippen LogP contribution is 2.40. The molecule has 0 N–H and O–H groups in total. The van der Waals surface area contributed by atoms with Gasteiger partial charge < -0.3 is 9.47 Å². The molecule has 1 saturated carbocycles. The summed E-state index contributed by atoms with van der Waals surface area (Å²) in [5.41, 5.74) is 1.05. The second kappa shape index (κ2) is 8.84. The lowest BCUT2D eigenvalue weighted by Crippen LogP contribution is -2.22. The van der Waals surface area contributed by atoms with Gasteiger partial charge in [-0.3, -0.25) is 4.79 Å². The van der Waals surface area contributed by atoms with Gasteiger partial charge in [-0.15, -0.1) is 0 Å². The van der Waals surface area contributed by atoms with Crippen molar-refractivity contribution in [1.82, 2.24) is 0 Å². The Morgan fingerprint density at radius 1 is 1.20 bits per heavy atom. The molecule has 2 fully saturated rings. The molecule has 3 heteroatoms. The fourth-order valence-corrected chi connectivity index (χ4v) is 4.56. The number of hydrogen-bond acceptors (Lipinski definition) is 3. The highest BCUT2D eigenvalue weighted by atomic mass is 16.5. The highest BCUT2D eigenvalue weighted by Gasteiger charge is 2.34. The van der Waals surface area contributed by atoms with E-state index in [1.807, 2.05) is 37.3 Å². The molecule has 5 unspecified atom stereocenters. The van der Waals surface area contributed by atoms with Crippen LogP contribution >= 0.6 is 0 Å². The summed E-state index contributed by atoms with van der Waals surface area (Å²) in [6.07, 6.45) is 7.72. The first-order valence-corrected chi connectivity index (χ1v) is 9.95. The SMILES string of the molecule is CC(CC1CCC(C(C)C(=O)OCc2ccccc2)C1)C1CCCO1. The van der Waals surface area contributed by atoms with Crippen molar-refractivity contribution in [2.75, 3.05) is 6.61 Å². The van der Waals surface area contributed by atoms with Gasteiger partial charge >= 0.3 is 5.97 Å². The molecule has 1 heterocycles. The lowest BCUT2D eigenvalue weighted by molar-refractivity contribution is -0.151. The Kier molecular flexibility index (Phi) is 6.52. The predicted octanol–water partition coefficient (Wildman–Crippen LogP) is 4.99. The van der Waals surface area contributed by atoms with Crippen molar-refractivity contribution >= 4 is 5.97 Å². The predicted molar refractivity (Wildman–Crippen MR) is 99.0 cm³/mol. The average Bonchev–Trinajstić information content (AvgIpc) is 3.32. The minimum Gasteiger partial charge on any atom is -0.461 e. The maximum absolute atomic E-state index is 12.4. The molecule has 25 heavy (non-hydrogen) atoms. The summed E-state index contributed by atoms with van der Waals surface area (Å²) in [6.45, 7) is 5.70.